The molecule has 2 saturated carbocycles. The Kier molecular flexibility index (Phi) is 4.41. The van der Waals surface area contributed by atoms with E-state index in [0.29, 0.717) is 17.9 Å². The maximum absolute atomic E-state index is 12.9. The average molecular weight is 375 g/mol. The molecule has 1 amide bonds. The van der Waals surface area contributed by atoms with Crippen molar-refractivity contribution in [1.82, 2.24) is 4.90 Å². The summed E-state index contributed by atoms with van der Waals surface area (Å²) in [7, 11) is 0. The molecular weight excluding hydrogens is 344 g/mol. The van der Waals surface area contributed by atoms with E-state index in [9.17, 15) is 4.79 Å². The molecule has 2 fully saturated rings. The number of anilines is 1. The largest absolute Gasteiger partial charge is 0.378 e. The highest BCUT2D eigenvalue weighted by molar-refractivity contribution is 5.95. The van der Waals surface area contributed by atoms with Crippen molar-refractivity contribution in [3.05, 3.63) is 65.2 Å². The lowest BCUT2D eigenvalue weighted by atomic mass is 9.68. The zero-order valence-electron chi connectivity index (χ0n) is 16.9. The Balaban J connectivity index is 1.56. The molecule has 2 aliphatic carbocycles. The van der Waals surface area contributed by atoms with Crippen LogP contribution >= 0.6 is 0 Å². The zero-order chi connectivity index (χ0) is 19.3. The SMILES string of the molecule is CCN(CC)C(=O)c1ccc2c(c1)[C@@H]1[C@H]3CC[C@@H](C3)[C@@H]1[C@H](c1ccccc1)N2. The highest BCUT2D eigenvalue weighted by Gasteiger charge is 2.53. The van der Waals surface area contributed by atoms with Crippen LogP contribution in [0, 0.1) is 17.8 Å². The Labute approximate surface area is 168 Å². The first-order chi connectivity index (χ1) is 13.7. The van der Waals surface area contributed by atoms with Gasteiger partial charge >= 0.3 is 0 Å². The lowest BCUT2D eigenvalue weighted by Gasteiger charge is -2.43. The molecule has 0 spiro atoms. The van der Waals surface area contributed by atoms with Crippen molar-refractivity contribution in [2.45, 2.75) is 45.1 Å². The van der Waals surface area contributed by atoms with Gasteiger partial charge in [-0.3, -0.25) is 4.79 Å². The van der Waals surface area contributed by atoms with E-state index >= 15 is 0 Å². The minimum atomic E-state index is 0.165. The predicted molar refractivity (Wildman–Crippen MR) is 114 cm³/mol. The van der Waals surface area contributed by atoms with Gasteiger partial charge < -0.3 is 10.2 Å². The summed E-state index contributed by atoms with van der Waals surface area (Å²) in [5, 5.41) is 3.87. The van der Waals surface area contributed by atoms with Crippen molar-refractivity contribution < 1.29 is 4.79 Å². The summed E-state index contributed by atoms with van der Waals surface area (Å²) in [6.45, 7) is 5.63. The summed E-state index contributed by atoms with van der Waals surface area (Å²) in [6, 6.07) is 17.7. The topological polar surface area (TPSA) is 32.3 Å². The van der Waals surface area contributed by atoms with Crippen LogP contribution in [0.5, 0.6) is 0 Å². The number of fused-ring (bicyclic) bond motifs is 7. The number of hydrogen-bond donors (Lipinski definition) is 1. The molecule has 2 bridgehead atoms. The number of nitrogens with zero attached hydrogens (tertiary/aromatic N) is 1. The quantitative estimate of drug-likeness (QED) is 0.770. The van der Waals surface area contributed by atoms with Crippen molar-refractivity contribution in [1.29, 1.82) is 0 Å². The number of benzene rings is 2. The second kappa shape index (κ2) is 6.95. The van der Waals surface area contributed by atoms with Gasteiger partial charge in [-0.1, -0.05) is 30.3 Å². The second-order valence-corrected chi connectivity index (χ2v) is 8.75. The second-order valence-electron chi connectivity index (χ2n) is 8.75. The Morgan fingerprint density at radius 1 is 1.04 bits per heavy atom. The molecule has 0 aromatic heterocycles. The first-order valence-electron chi connectivity index (χ1n) is 11.0. The van der Waals surface area contributed by atoms with Gasteiger partial charge in [0.1, 0.15) is 0 Å². The maximum atomic E-state index is 12.9. The van der Waals surface area contributed by atoms with Gasteiger partial charge in [-0.2, -0.15) is 0 Å². The molecule has 146 valence electrons. The molecule has 5 rings (SSSR count). The average Bonchev–Trinajstić information content (AvgIpc) is 3.37. The number of carbonyl (C=O) groups is 1. The lowest BCUT2D eigenvalue weighted by molar-refractivity contribution is 0.0772. The summed E-state index contributed by atoms with van der Waals surface area (Å²) < 4.78 is 0. The zero-order valence-corrected chi connectivity index (χ0v) is 16.9. The first-order valence-corrected chi connectivity index (χ1v) is 11.0. The summed E-state index contributed by atoms with van der Waals surface area (Å²) in [4.78, 5) is 14.9. The molecule has 3 aliphatic rings. The van der Waals surface area contributed by atoms with Crippen LogP contribution in [-0.2, 0) is 0 Å². The molecule has 3 nitrogen and oxygen atoms in total. The van der Waals surface area contributed by atoms with E-state index in [1.165, 1.54) is 36.1 Å². The fourth-order valence-corrected chi connectivity index (χ4v) is 6.30. The van der Waals surface area contributed by atoms with E-state index in [4.69, 9.17) is 0 Å². The monoisotopic (exact) mass is 374 g/mol. The van der Waals surface area contributed by atoms with Crippen LogP contribution in [0.1, 0.15) is 66.6 Å². The van der Waals surface area contributed by atoms with Gasteiger partial charge in [0, 0.05) is 24.3 Å². The van der Waals surface area contributed by atoms with Crippen LogP contribution in [0.4, 0.5) is 5.69 Å². The summed E-state index contributed by atoms with van der Waals surface area (Å²) in [6.07, 6.45) is 4.07. The molecule has 5 atom stereocenters. The Hall–Kier alpha value is -2.29. The van der Waals surface area contributed by atoms with E-state index < -0.39 is 0 Å². The Morgan fingerprint density at radius 2 is 1.79 bits per heavy atom. The van der Waals surface area contributed by atoms with Crippen LogP contribution in [-0.4, -0.2) is 23.9 Å². The van der Waals surface area contributed by atoms with Gasteiger partial charge in [-0.15, -0.1) is 0 Å². The van der Waals surface area contributed by atoms with Gasteiger partial charge in [0.25, 0.3) is 5.91 Å². The number of nitrogens with one attached hydrogen (secondary N) is 1. The van der Waals surface area contributed by atoms with Crippen molar-refractivity contribution in [3.63, 3.8) is 0 Å². The lowest BCUT2D eigenvalue weighted by Crippen LogP contribution is -2.36. The molecule has 0 unspecified atom stereocenters. The summed E-state index contributed by atoms with van der Waals surface area (Å²) >= 11 is 0. The summed E-state index contributed by atoms with van der Waals surface area (Å²) in [5.41, 5.74) is 4.88. The van der Waals surface area contributed by atoms with Crippen molar-refractivity contribution in [3.8, 4) is 0 Å². The number of hydrogen-bond acceptors (Lipinski definition) is 2. The van der Waals surface area contributed by atoms with Gasteiger partial charge in [-0.25, -0.2) is 0 Å². The van der Waals surface area contributed by atoms with Crippen LogP contribution in [0.3, 0.4) is 0 Å². The predicted octanol–water partition coefficient (Wildman–Crippen LogP) is 5.47. The normalized spacial score (nSPS) is 29.7. The molecule has 0 saturated heterocycles. The van der Waals surface area contributed by atoms with E-state index in [1.54, 1.807) is 0 Å². The highest BCUT2D eigenvalue weighted by atomic mass is 16.2. The van der Waals surface area contributed by atoms with Gasteiger partial charge in [0.15, 0.2) is 0 Å². The first kappa shape index (κ1) is 17.8. The molecule has 28 heavy (non-hydrogen) atoms. The third kappa shape index (κ3) is 2.67. The molecular formula is C25H30N2O. The van der Waals surface area contributed by atoms with Crippen molar-refractivity contribution >= 4 is 11.6 Å². The van der Waals surface area contributed by atoms with E-state index in [0.717, 1.165) is 30.5 Å². The van der Waals surface area contributed by atoms with E-state index in [-0.39, 0.29) is 5.91 Å². The third-order valence-electron chi connectivity index (χ3n) is 7.54. The summed E-state index contributed by atoms with van der Waals surface area (Å²) in [5.74, 6) is 2.98. The minimum Gasteiger partial charge on any atom is -0.378 e. The Morgan fingerprint density at radius 3 is 2.54 bits per heavy atom. The van der Waals surface area contributed by atoms with Crippen LogP contribution in [0.15, 0.2) is 48.5 Å². The maximum Gasteiger partial charge on any atom is 0.253 e. The molecule has 1 heterocycles. The molecule has 0 radical (unpaired) electrons. The standard InChI is InChI=1S/C25H30N2O/c1-3-27(4-2)25(28)19-12-13-21-20(15-19)22-17-10-11-18(14-17)23(22)24(26-21)16-8-6-5-7-9-16/h5-9,12-13,15,17-18,22-24,26H,3-4,10-11,14H2,1-2H3/t17-,18-,22-,23-,24-/m0/s1. The van der Waals surface area contributed by atoms with Crippen molar-refractivity contribution in [2.24, 2.45) is 17.8 Å². The van der Waals surface area contributed by atoms with Gasteiger partial charge in [0.2, 0.25) is 0 Å². The fraction of sp³-hybridized carbons (Fsp3) is 0.480. The smallest absolute Gasteiger partial charge is 0.253 e. The Bertz CT molecular complexity index is 873. The fourth-order valence-electron chi connectivity index (χ4n) is 6.30. The molecule has 1 N–H and O–H groups in total. The number of rotatable bonds is 4. The van der Waals surface area contributed by atoms with E-state index in [1.807, 2.05) is 11.0 Å². The molecule has 2 aromatic rings. The van der Waals surface area contributed by atoms with Gasteiger partial charge in [-0.05, 0) is 86.1 Å². The molecule has 3 heteroatoms. The number of carbonyl (C=O) groups excluding carboxylic acids is 1. The van der Waals surface area contributed by atoms with Crippen LogP contribution < -0.4 is 5.32 Å². The third-order valence-corrected chi connectivity index (χ3v) is 7.54. The van der Waals surface area contributed by atoms with Crippen LogP contribution in [0.2, 0.25) is 0 Å². The van der Waals surface area contributed by atoms with Crippen LogP contribution in [0.25, 0.3) is 0 Å². The van der Waals surface area contributed by atoms with Crippen molar-refractivity contribution in [2.75, 3.05) is 18.4 Å². The minimum absolute atomic E-state index is 0.165. The van der Waals surface area contributed by atoms with Gasteiger partial charge in [0.05, 0.1) is 6.04 Å². The highest BCUT2D eigenvalue weighted by Crippen LogP contribution is 2.63. The van der Waals surface area contributed by atoms with E-state index in [2.05, 4.69) is 61.6 Å². The number of amides is 1. The molecule has 2 aromatic carbocycles. The molecule has 1 aliphatic heterocycles.